The zero-order chi connectivity index (χ0) is 15.8. The number of nitrogens with two attached hydrogens (primary N) is 1. The summed E-state index contributed by atoms with van der Waals surface area (Å²) in [6.07, 6.45) is 3.21. The second kappa shape index (κ2) is 8.51. The van der Waals surface area contributed by atoms with Gasteiger partial charge < -0.3 is 21.1 Å². The van der Waals surface area contributed by atoms with Gasteiger partial charge in [0, 0.05) is 13.1 Å². The van der Waals surface area contributed by atoms with E-state index in [1.807, 2.05) is 6.92 Å². The lowest BCUT2D eigenvalue weighted by Gasteiger charge is -2.06. The number of carbonyl (C=O) groups is 2. The lowest BCUT2D eigenvalue weighted by atomic mass is 10.2. The number of hydrogen-bond acceptors (Lipinski definition) is 6. The van der Waals surface area contributed by atoms with Crippen LogP contribution in [0.2, 0.25) is 0 Å². The maximum atomic E-state index is 12.0. The van der Waals surface area contributed by atoms with Crippen molar-refractivity contribution in [3.8, 4) is 0 Å². The number of methoxy groups -OCH3 is 1. The quantitative estimate of drug-likeness (QED) is 0.506. The van der Waals surface area contributed by atoms with Gasteiger partial charge in [-0.05, 0) is 13.3 Å². The molecule has 1 aromatic heterocycles. The summed E-state index contributed by atoms with van der Waals surface area (Å²) in [7, 11) is 1.30. The first-order chi connectivity index (χ1) is 10.1. The molecule has 0 saturated carbocycles. The van der Waals surface area contributed by atoms with Gasteiger partial charge >= 0.3 is 5.97 Å². The molecule has 0 aliphatic carbocycles. The molecular weight excluding hydrogens is 290 g/mol. The average Bonchev–Trinajstić information content (AvgIpc) is 2.80. The molecule has 0 aromatic carbocycles. The maximum absolute atomic E-state index is 12.0. The summed E-state index contributed by atoms with van der Waals surface area (Å²) >= 11 is 1.19. The van der Waals surface area contributed by atoms with E-state index >= 15 is 0 Å². The zero-order valence-electron chi connectivity index (χ0n) is 12.7. The molecule has 0 aliphatic rings. The summed E-state index contributed by atoms with van der Waals surface area (Å²) in [6, 6.07) is 0. The molecular formula is C14H23N3O3S. The van der Waals surface area contributed by atoms with Crippen molar-refractivity contribution in [2.75, 3.05) is 31.2 Å². The first-order valence-electron chi connectivity index (χ1n) is 7.09. The number of carbonyl (C=O) groups excluding carboxylic acids is 2. The van der Waals surface area contributed by atoms with Crippen LogP contribution in [0.1, 0.15) is 53.1 Å². The second-order valence-corrected chi connectivity index (χ2v) is 5.55. The van der Waals surface area contributed by atoms with E-state index in [4.69, 9.17) is 10.5 Å². The van der Waals surface area contributed by atoms with E-state index < -0.39 is 5.97 Å². The summed E-state index contributed by atoms with van der Waals surface area (Å²) in [6.45, 7) is 5.18. The molecule has 0 fully saturated rings. The normalized spacial score (nSPS) is 10.2. The molecule has 4 N–H and O–H groups in total. The van der Waals surface area contributed by atoms with Gasteiger partial charge in [-0.2, -0.15) is 0 Å². The van der Waals surface area contributed by atoms with Crippen molar-refractivity contribution in [2.24, 2.45) is 0 Å². The molecule has 0 unspecified atom stereocenters. The van der Waals surface area contributed by atoms with E-state index in [-0.39, 0.29) is 17.2 Å². The van der Waals surface area contributed by atoms with Crippen LogP contribution in [-0.2, 0) is 4.74 Å². The van der Waals surface area contributed by atoms with E-state index in [0.29, 0.717) is 16.4 Å². The van der Waals surface area contributed by atoms with Crippen LogP contribution in [0, 0.1) is 0 Å². The van der Waals surface area contributed by atoms with Crippen LogP contribution in [0.3, 0.4) is 0 Å². The largest absolute Gasteiger partial charge is 0.465 e. The summed E-state index contributed by atoms with van der Waals surface area (Å²) in [5.41, 5.74) is 6.38. The number of amides is 1. The van der Waals surface area contributed by atoms with Crippen LogP contribution in [0.5, 0.6) is 0 Å². The van der Waals surface area contributed by atoms with Crippen LogP contribution < -0.4 is 16.4 Å². The number of nitrogens with one attached hydrogen (secondary N) is 2. The number of rotatable bonds is 8. The van der Waals surface area contributed by atoms with E-state index in [0.717, 1.165) is 25.8 Å². The van der Waals surface area contributed by atoms with Gasteiger partial charge in [-0.25, -0.2) is 4.79 Å². The Bertz CT molecular complexity index is 500. The van der Waals surface area contributed by atoms with Crippen molar-refractivity contribution in [1.82, 2.24) is 5.32 Å². The molecule has 21 heavy (non-hydrogen) atoms. The third-order valence-electron chi connectivity index (χ3n) is 2.94. The lowest BCUT2D eigenvalue weighted by molar-refractivity contribution is 0.0603. The first kappa shape index (κ1) is 17.3. The minimum absolute atomic E-state index is 0.177. The van der Waals surface area contributed by atoms with Crippen LogP contribution >= 0.6 is 11.3 Å². The molecule has 6 nitrogen and oxygen atoms in total. The topological polar surface area (TPSA) is 93.5 Å². The van der Waals surface area contributed by atoms with Crippen molar-refractivity contribution in [3.05, 3.63) is 10.4 Å². The highest BCUT2D eigenvalue weighted by Crippen LogP contribution is 2.36. The van der Waals surface area contributed by atoms with Crippen molar-refractivity contribution < 1.29 is 14.3 Å². The first-order valence-corrected chi connectivity index (χ1v) is 7.91. The number of esters is 1. The van der Waals surface area contributed by atoms with Crippen LogP contribution in [0.4, 0.5) is 10.7 Å². The average molecular weight is 313 g/mol. The van der Waals surface area contributed by atoms with Crippen LogP contribution in [0.25, 0.3) is 0 Å². The molecule has 1 heterocycles. The van der Waals surface area contributed by atoms with Crippen LogP contribution in [0.15, 0.2) is 0 Å². The fraction of sp³-hybridized carbons (Fsp3) is 0.571. The van der Waals surface area contributed by atoms with E-state index in [1.165, 1.54) is 18.4 Å². The molecule has 0 saturated heterocycles. The molecule has 1 rings (SSSR count). The van der Waals surface area contributed by atoms with Crippen molar-refractivity contribution in [2.45, 2.75) is 33.1 Å². The van der Waals surface area contributed by atoms with Gasteiger partial charge in [0.2, 0.25) is 0 Å². The van der Waals surface area contributed by atoms with E-state index in [2.05, 4.69) is 17.6 Å². The number of hydrogen-bond donors (Lipinski definition) is 3. The van der Waals surface area contributed by atoms with Crippen molar-refractivity contribution >= 4 is 33.9 Å². The Morgan fingerprint density at radius 2 is 2.00 bits per heavy atom. The van der Waals surface area contributed by atoms with Gasteiger partial charge in [-0.1, -0.05) is 19.8 Å². The minimum atomic E-state index is -0.530. The van der Waals surface area contributed by atoms with E-state index in [9.17, 15) is 9.59 Å². The summed E-state index contributed by atoms with van der Waals surface area (Å²) in [5.74, 6) is -0.802. The van der Waals surface area contributed by atoms with Crippen molar-refractivity contribution in [3.63, 3.8) is 0 Å². The Kier molecular flexibility index (Phi) is 7.01. The van der Waals surface area contributed by atoms with Gasteiger partial charge in [-0.15, -0.1) is 11.3 Å². The Balaban J connectivity index is 3.00. The Hall–Kier alpha value is -1.76. The van der Waals surface area contributed by atoms with Gasteiger partial charge in [0.1, 0.15) is 15.4 Å². The molecule has 1 amide bonds. The number of nitrogen functional groups attached to an aromatic ring is 1. The van der Waals surface area contributed by atoms with Crippen molar-refractivity contribution in [1.29, 1.82) is 0 Å². The highest BCUT2D eigenvalue weighted by Gasteiger charge is 2.25. The standard InChI is InChI=1S/C14H23N3O3S/c1-4-6-7-8-17-13-9(14(19)20-3)10(15)11(21-13)12(18)16-5-2/h17H,4-8,15H2,1-3H3,(H,16,18). The third kappa shape index (κ3) is 4.35. The highest BCUT2D eigenvalue weighted by atomic mass is 32.1. The molecule has 0 bridgehead atoms. The van der Waals surface area contributed by atoms with Gasteiger partial charge in [0.05, 0.1) is 12.8 Å². The molecule has 0 radical (unpaired) electrons. The number of ether oxygens (including phenoxy) is 1. The molecule has 0 aliphatic heterocycles. The molecule has 0 atom stereocenters. The number of anilines is 2. The SMILES string of the molecule is CCCCCNc1sc(C(=O)NCC)c(N)c1C(=O)OC. The van der Waals surface area contributed by atoms with E-state index in [1.54, 1.807) is 0 Å². The smallest absolute Gasteiger partial charge is 0.343 e. The van der Waals surface area contributed by atoms with Gasteiger partial charge in [-0.3, -0.25) is 4.79 Å². The van der Waals surface area contributed by atoms with Gasteiger partial charge in [0.15, 0.2) is 0 Å². The second-order valence-electron chi connectivity index (χ2n) is 4.53. The Morgan fingerprint density at radius 3 is 2.57 bits per heavy atom. The molecule has 1 aromatic rings. The minimum Gasteiger partial charge on any atom is -0.465 e. The maximum Gasteiger partial charge on any atom is 0.343 e. The fourth-order valence-corrected chi connectivity index (χ4v) is 2.91. The Morgan fingerprint density at radius 1 is 1.29 bits per heavy atom. The monoisotopic (exact) mass is 313 g/mol. The highest BCUT2D eigenvalue weighted by molar-refractivity contribution is 7.19. The molecule has 118 valence electrons. The predicted octanol–water partition coefficient (Wildman–Crippen LogP) is 2.47. The fourth-order valence-electron chi connectivity index (χ4n) is 1.86. The third-order valence-corrected chi connectivity index (χ3v) is 4.11. The molecule has 0 spiro atoms. The Labute approximate surface area is 129 Å². The summed E-state index contributed by atoms with van der Waals surface area (Å²) in [4.78, 5) is 24.2. The number of unbranched alkanes of at least 4 members (excludes halogenated alkanes) is 2. The van der Waals surface area contributed by atoms with Crippen LogP contribution in [-0.4, -0.2) is 32.1 Å². The molecule has 7 heteroatoms. The van der Waals surface area contributed by atoms with Gasteiger partial charge in [0.25, 0.3) is 5.91 Å². The summed E-state index contributed by atoms with van der Waals surface area (Å²) in [5, 5.41) is 6.46. The number of thiophene rings is 1. The predicted molar refractivity (Wildman–Crippen MR) is 86.1 cm³/mol. The lowest BCUT2D eigenvalue weighted by Crippen LogP contribution is -2.22. The summed E-state index contributed by atoms with van der Waals surface area (Å²) < 4.78 is 4.75. The zero-order valence-corrected chi connectivity index (χ0v) is 13.6.